The molecule has 0 saturated heterocycles. The van der Waals surface area contributed by atoms with E-state index in [2.05, 4.69) is 236 Å². The van der Waals surface area contributed by atoms with Gasteiger partial charge in [0.25, 0.3) is 0 Å². The molecule has 0 aliphatic rings. The molecule has 0 aliphatic heterocycles. The van der Waals surface area contributed by atoms with E-state index >= 15 is 0 Å². The van der Waals surface area contributed by atoms with Gasteiger partial charge in [0.1, 0.15) is 0 Å². The van der Waals surface area contributed by atoms with Crippen molar-refractivity contribution in [1.82, 2.24) is 24.5 Å². The highest BCUT2D eigenvalue weighted by Gasteiger charge is 1.59. The normalized spacial score (nSPS) is 5.15. The highest BCUT2D eigenvalue weighted by atomic mass is 127. The van der Waals surface area contributed by atoms with Gasteiger partial charge in [-0.3, -0.25) is 0 Å². The Bertz CT molecular complexity index is 296. The maximum absolute atomic E-state index is 7.00. The zero-order chi connectivity index (χ0) is 61.4. The molecule has 0 bridgehead atoms. The Balaban J connectivity index is -0.0000000112. The first kappa shape index (κ1) is 165. The van der Waals surface area contributed by atoms with Gasteiger partial charge in [0, 0.05) is 62.2 Å². The molecule has 0 aliphatic carbocycles. The fourth-order valence-corrected chi connectivity index (χ4v) is 0. The molecule has 0 aromatic carbocycles. The predicted molar refractivity (Wildman–Crippen MR) is 388 cm³/mol. The lowest BCUT2D eigenvalue weighted by Crippen LogP contribution is -1.99. The first-order valence-electron chi connectivity index (χ1n) is 18.2. The SMILES string of the molecule is C=NC.C=NC.C=NC.C=NC.C=NC.CBr.CBr.CBr.CBr.CC.CC.CC.CCl.CCl.CI.CI.CI.CI.CN(C)C.CN(C)C.CN(C)C.CN(C)C.CN(C)C.CO.CO. The number of hydrogen-bond donors (Lipinski definition) is 2. The monoisotopic (exact) mass is 1710 g/mol. The molecule has 22 heteroatoms. The predicted octanol–water partition coefficient (Wildman–Crippen LogP) is 14.7. The minimum Gasteiger partial charge on any atom is -0.400 e. The summed E-state index contributed by atoms with van der Waals surface area (Å²) in [6.07, 6.45) is 2.94. The van der Waals surface area contributed by atoms with Gasteiger partial charge in [0.05, 0.1) is 0 Å². The van der Waals surface area contributed by atoms with Crippen molar-refractivity contribution in [1.29, 1.82) is 0 Å². The van der Waals surface area contributed by atoms with Gasteiger partial charge in [-0.1, -0.05) is 196 Å². The van der Waals surface area contributed by atoms with Crippen LogP contribution < -0.4 is 0 Å². The first-order valence-corrected chi connectivity index (χ1v) is 34.7. The van der Waals surface area contributed by atoms with Crippen LogP contribution in [0, 0.1) is 0 Å². The van der Waals surface area contributed by atoms with E-state index < -0.39 is 0 Å². The average Bonchev–Trinajstić information content (AvgIpc) is 3.31. The second-order valence-corrected chi connectivity index (χ2v) is 8.29. The fourth-order valence-electron chi connectivity index (χ4n) is 0. The molecule has 0 amide bonds. The lowest BCUT2D eigenvalue weighted by atomic mass is 11.0. The van der Waals surface area contributed by atoms with E-state index in [0.717, 1.165) is 14.2 Å². The Morgan fingerprint density at radius 2 is 0.277 bits per heavy atom. The Kier molecular flexibility index (Phi) is 1370. The number of nitrogens with zero attached hydrogens (tertiary/aromatic N) is 10. The number of halogens is 10. The van der Waals surface area contributed by atoms with E-state index in [4.69, 9.17) is 10.2 Å². The number of aliphatic hydroxyl groups is 2. The maximum Gasteiger partial charge on any atom is 0.0319 e. The molecular formula is C43H126Br4Cl2I4N10O2. The molecule has 0 saturated carbocycles. The standard InChI is InChI=1S/5C3H9N.5C2H5N.3C2H6.4CH3Br.2CH3Cl.4CH3I.2CH4O/c5*1-4(2)3;5*1-3-2;15*1-2/h5*1-3H3;5*1H2,2H3;3*1-2H3;10*1H3;2*2H,1H3. The zero-order valence-electron chi connectivity index (χ0n) is 50.7. The summed E-state index contributed by atoms with van der Waals surface area (Å²) >= 11 is 29.6. The molecule has 0 aromatic heterocycles. The topological polar surface area (TPSA) is 118 Å². The van der Waals surface area contributed by atoms with Crippen molar-refractivity contribution >= 4 is 211 Å². The molecule has 12 nitrogen and oxygen atoms in total. The summed E-state index contributed by atoms with van der Waals surface area (Å²) in [5.41, 5.74) is 0. The Morgan fingerprint density at radius 1 is 0.277 bits per heavy atom. The van der Waals surface area contributed by atoms with Crippen LogP contribution in [0.3, 0.4) is 0 Å². The zero-order valence-corrected chi connectivity index (χ0v) is 67.2. The second kappa shape index (κ2) is 541. The third-order valence-corrected chi connectivity index (χ3v) is 0. The van der Waals surface area contributed by atoms with Crippen LogP contribution in [-0.2, 0) is 0 Å². The summed E-state index contributed by atoms with van der Waals surface area (Å²) in [5, 5.41) is 14.0. The molecule has 0 atom stereocenters. The van der Waals surface area contributed by atoms with Gasteiger partial charge in [-0.2, -0.15) is 0 Å². The third-order valence-electron chi connectivity index (χ3n) is 0. The van der Waals surface area contributed by atoms with Gasteiger partial charge in [-0.25, -0.2) is 0 Å². The Labute approximate surface area is 516 Å². The van der Waals surface area contributed by atoms with Crippen LogP contribution in [-0.4, -0.2) is 279 Å². The molecule has 0 fully saturated rings. The van der Waals surface area contributed by atoms with Crippen molar-refractivity contribution in [3.63, 3.8) is 0 Å². The van der Waals surface area contributed by atoms with Crippen molar-refractivity contribution in [3.8, 4) is 0 Å². The molecule has 430 valence electrons. The van der Waals surface area contributed by atoms with Crippen molar-refractivity contribution in [2.45, 2.75) is 41.5 Å². The quantitative estimate of drug-likeness (QED) is 0.141. The maximum atomic E-state index is 7.00. The third kappa shape index (κ3) is 23800. The van der Waals surface area contributed by atoms with Crippen molar-refractivity contribution in [2.75, 3.05) is 211 Å². The van der Waals surface area contributed by atoms with E-state index in [9.17, 15) is 0 Å². The average molecular weight is 1710 g/mol. The van der Waals surface area contributed by atoms with Crippen LogP contribution in [0.15, 0.2) is 25.0 Å². The molecule has 0 rings (SSSR count). The molecule has 65 heavy (non-hydrogen) atoms. The molecule has 2 N–H and O–H groups in total. The number of alkyl halides is 10. The number of hydrogen-bond acceptors (Lipinski definition) is 12. The lowest BCUT2D eigenvalue weighted by molar-refractivity contribution is 0.399. The molecule has 0 spiro atoms. The summed E-state index contributed by atoms with van der Waals surface area (Å²) in [6.45, 7) is 27.6. The van der Waals surface area contributed by atoms with Crippen LogP contribution in [0.4, 0.5) is 0 Å². The molecular weight excluding hydrogens is 1590 g/mol. The van der Waals surface area contributed by atoms with E-state index in [1.54, 1.807) is 35.2 Å². The highest BCUT2D eigenvalue weighted by molar-refractivity contribution is 14.1. The number of rotatable bonds is 0. The van der Waals surface area contributed by atoms with Crippen molar-refractivity contribution in [2.24, 2.45) is 25.0 Å². The first-order chi connectivity index (χ1) is 30.7. The van der Waals surface area contributed by atoms with E-state index in [1.807, 2.05) is 215 Å². The largest absolute Gasteiger partial charge is 0.400 e. The lowest BCUT2D eigenvalue weighted by Gasteiger charge is -1.90. The van der Waals surface area contributed by atoms with Crippen LogP contribution in [0.1, 0.15) is 41.5 Å². The van der Waals surface area contributed by atoms with Crippen molar-refractivity contribution < 1.29 is 10.2 Å². The van der Waals surface area contributed by atoms with Crippen LogP contribution in [0.25, 0.3) is 0 Å². The minimum atomic E-state index is 1.00. The number of aliphatic imine (C=N–C) groups is 5. The summed E-state index contributed by atoms with van der Waals surface area (Å²) < 4.78 is 0. The minimum absolute atomic E-state index is 1.00. The Morgan fingerprint density at radius 3 is 0.277 bits per heavy atom. The van der Waals surface area contributed by atoms with Gasteiger partial charge in [-0.05, 0) is 182 Å². The summed E-state index contributed by atoms with van der Waals surface area (Å²) in [4.78, 5) is 34.1. The van der Waals surface area contributed by atoms with E-state index in [-0.39, 0.29) is 0 Å². The van der Waals surface area contributed by atoms with E-state index in [0.29, 0.717) is 0 Å². The van der Waals surface area contributed by atoms with Gasteiger partial charge < -0.3 is 59.7 Å². The molecule has 0 heterocycles. The molecule has 0 radical (unpaired) electrons. The smallest absolute Gasteiger partial charge is 0.0319 e. The summed E-state index contributed by atoms with van der Waals surface area (Å²) in [5.74, 6) is 7.25. The molecule has 0 aromatic rings. The van der Waals surface area contributed by atoms with Gasteiger partial charge >= 0.3 is 0 Å². The summed E-state index contributed by atoms with van der Waals surface area (Å²) in [7, 11) is 40.2. The summed E-state index contributed by atoms with van der Waals surface area (Å²) in [6, 6.07) is 0. The van der Waals surface area contributed by atoms with Gasteiger partial charge in [-0.15, -0.1) is 23.2 Å². The number of aliphatic hydroxyl groups excluding tert-OH is 2. The highest BCUT2D eigenvalue weighted by Crippen LogP contribution is 1.51. The Hall–Kier alpha value is 3.49. The van der Waals surface area contributed by atoms with Crippen LogP contribution in [0.5, 0.6) is 0 Å². The van der Waals surface area contributed by atoms with Gasteiger partial charge in [0.15, 0.2) is 0 Å². The second-order valence-electron chi connectivity index (χ2n) is 8.29. The van der Waals surface area contributed by atoms with E-state index in [1.165, 1.54) is 12.8 Å². The van der Waals surface area contributed by atoms with Crippen LogP contribution >= 0.6 is 177 Å². The van der Waals surface area contributed by atoms with Gasteiger partial charge in [0.2, 0.25) is 0 Å². The van der Waals surface area contributed by atoms with Crippen LogP contribution in [0.2, 0.25) is 0 Å². The fraction of sp³-hybridized carbons (Fsp3) is 0.884. The van der Waals surface area contributed by atoms with Crippen molar-refractivity contribution in [3.05, 3.63) is 0 Å². The molecule has 0 unspecified atom stereocenters.